The summed E-state index contributed by atoms with van der Waals surface area (Å²) in [5.41, 5.74) is 1.11. The van der Waals surface area contributed by atoms with E-state index in [1.807, 2.05) is 18.3 Å². The number of hydrogen-bond acceptors (Lipinski definition) is 4. The van der Waals surface area contributed by atoms with Crippen molar-refractivity contribution in [2.75, 3.05) is 19.8 Å². The Morgan fingerprint density at radius 3 is 3.17 bits per heavy atom. The number of aryl methyl sites for hydroxylation is 1. The van der Waals surface area contributed by atoms with Crippen LogP contribution in [-0.4, -0.2) is 29.3 Å². The summed E-state index contributed by atoms with van der Waals surface area (Å²) in [5, 5.41) is 4.15. The monoisotopic (exact) mass is 333 g/mol. The Hall–Kier alpha value is -1.72. The number of imidazole rings is 1. The summed E-state index contributed by atoms with van der Waals surface area (Å²) >= 11 is 6.28. The molecule has 4 rings (SSSR count). The van der Waals surface area contributed by atoms with E-state index in [4.69, 9.17) is 21.1 Å². The number of ether oxygens (including phenoxy) is 2. The highest BCUT2D eigenvalue weighted by Gasteiger charge is 2.21. The highest BCUT2D eigenvalue weighted by Crippen LogP contribution is 2.38. The molecule has 0 fully saturated rings. The maximum atomic E-state index is 6.28. The largest absolute Gasteiger partial charge is 0.486 e. The van der Waals surface area contributed by atoms with Crippen LogP contribution in [0.2, 0.25) is 5.02 Å². The molecule has 1 aromatic heterocycles. The Morgan fingerprint density at radius 1 is 1.30 bits per heavy atom. The van der Waals surface area contributed by atoms with Crippen LogP contribution in [0, 0.1) is 0 Å². The first-order valence-corrected chi connectivity index (χ1v) is 8.49. The molecule has 0 saturated heterocycles. The van der Waals surface area contributed by atoms with Crippen LogP contribution in [0.1, 0.15) is 30.1 Å². The normalized spacial score (nSPS) is 19.4. The van der Waals surface area contributed by atoms with Crippen molar-refractivity contribution in [1.82, 2.24) is 14.9 Å². The van der Waals surface area contributed by atoms with Gasteiger partial charge in [0.05, 0.1) is 5.02 Å². The molecular weight excluding hydrogens is 314 g/mol. The second-order valence-electron chi connectivity index (χ2n) is 6.05. The van der Waals surface area contributed by atoms with E-state index in [2.05, 4.69) is 21.1 Å². The molecule has 2 aliphatic rings. The fourth-order valence-corrected chi connectivity index (χ4v) is 3.65. The Balaban J connectivity index is 1.40. The van der Waals surface area contributed by atoms with Crippen LogP contribution < -0.4 is 14.8 Å². The van der Waals surface area contributed by atoms with Crippen molar-refractivity contribution in [1.29, 1.82) is 0 Å². The molecule has 1 aromatic carbocycles. The molecule has 3 heterocycles. The minimum atomic E-state index is 0.478. The Bertz CT molecular complexity index is 701. The first-order chi connectivity index (χ1) is 11.3. The summed E-state index contributed by atoms with van der Waals surface area (Å²) in [6.07, 6.45) is 6.37. The first kappa shape index (κ1) is 14.8. The van der Waals surface area contributed by atoms with Gasteiger partial charge in [0.2, 0.25) is 0 Å². The van der Waals surface area contributed by atoms with Gasteiger partial charge in [-0.3, -0.25) is 0 Å². The third-order valence-corrected chi connectivity index (χ3v) is 4.72. The van der Waals surface area contributed by atoms with Gasteiger partial charge >= 0.3 is 0 Å². The summed E-state index contributed by atoms with van der Waals surface area (Å²) in [5.74, 6) is 3.08. The Kier molecular flexibility index (Phi) is 4.14. The summed E-state index contributed by atoms with van der Waals surface area (Å²) in [6.45, 7) is 3.89. The molecule has 2 aliphatic heterocycles. The number of benzene rings is 1. The average Bonchev–Trinajstić information content (AvgIpc) is 3.04. The number of aromatic nitrogens is 2. The zero-order valence-corrected chi connectivity index (χ0v) is 13.7. The van der Waals surface area contributed by atoms with Gasteiger partial charge < -0.3 is 19.4 Å². The molecule has 1 atom stereocenters. The predicted octanol–water partition coefficient (Wildman–Crippen LogP) is 2.97. The van der Waals surface area contributed by atoms with Gasteiger partial charge in [-0.05, 0) is 30.5 Å². The molecule has 0 saturated carbocycles. The molecule has 0 aliphatic carbocycles. The first-order valence-electron chi connectivity index (χ1n) is 8.11. The fourth-order valence-electron chi connectivity index (χ4n) is 3.36. The summed E-state index contributed by atoms with van der Waals surface area (Å²) < 4.78 is 13.4. The van der Waals surface area contributed by atoms with Gasteiger partial charge in [0, 0.05) is 37.9 Å². The van der Waals surface area contributed by atoms with Crippen molar-refractivity contribution in [2.24, 2.45) is 0 Å². The lowest BCUT2D eigenvalue weighted by atomic mass is 9.99. The Morgan fingerprint density at radius 2 is 2.22 bits per heavy atom. The van der Waals surface area contributed by atoms with E-state index in [-0.39, 0.29) is 0 Å². The molecule has 1 N–H and O–H groups in total. The Labute approximate surface area is 140 Å². The van der Waals surface area contributed by atoms with Crippen LogP contribution in [0.5, 0.6) is 11.5 Å². The smallest absolute Gasteiger partial charge is 0.179 e. The van der Waals surface area contributed by atoms with Gasteiger partial charge in [-0.15, -0.1) is 0 Å². The highest BCUT2D eigenvalue weighted by molar-refractivity contribution is 6.32. The predicted molar refractivity (Wildman–Crippen MR) is 88.4 cm³/mol. The summed E-state index contributed by atoms with van der Waals surface area (Å²) in [4.78, 5) is 4.50. The van der Waals surface area contributed by atoms with Crippen molar-refractivity contribution in [3.05, 3.63) is 40.9 Å². The summed E-state index contributed by atoms with van der Waals surface area (Å²) in [7, 11) is 0. The molecule has 5 nitrogen and oxygen atoms in total. The van der Waals surface area contributed by atoms with E-state index in [0.29, 0.717) is 29.9 Å². The lowest BCUT2D eigenvalue weighted by molar-refractivity contribution is 0.171. The number of nitrogens with zero attached hydrogens (tertiary/aromatic N) is 2. The number of nitrogens with one attached hydrogen (secondary N) is 1. The van der Waals surface area contributed by atoms with Crippen LogP contribution in [0.25, 0.3) is 0 Å². The van der Waals surface area contributed by atoms with Gasteiger partial charge in [-0.2, -0.15) is 0 Å². The van der Waals surface area contributed by atoms with Gasteiger partial charge in [0.25, 0.3) is 0 Å². The highest BCUT2D eigenvalue weighted by atomic mass is 35.5. The molecule has 6 heteroatoms. The lowest BCUT2D eigenvalue weighted by Gasteiger charge is -2.24. The zero-order chi connectivity index (χ0) is 15.6. The SMILES string of the molecule is Clc1cc(CNC[C@H]2CCCn3ccnc32)cc2c1OCCO2. The van der Waals surface area contributed by atoms with E-state index in [1.54, 1.807) is 0 Å². The van der Waals surface area contributed by atoms with Crippen molar-refractivity contribution in [2.45, 2.75) is 31.8 Å². The van der Waals surface area contributed by atoms with Crippen molar-refractivity contribution >= 4 is 11.6 Å². The third-order valence-electron chi connectivity index (χ3n) is 4.44. The van der Waals surface area contributed by atoms with E-state index < -0.39 is 0 Å². The maximum Gasteiger partial charge on any atom is 0.179 e. The van der Waals surface area contributed by atoms with E-state index in [0.717, 1.165) is 30.9 Å². The van der Waals surface area contributed by atoms with Crippen LogP contribution in [0.4, 0.5) is 0 Å². The number of rotatable bonds is 4. The quantitative estimate of drug-likeness (QED) is 0.934. The second kappa shape index (κ2) is 6.42. The van der Waals surface area contributed by atoms with Crippen LogP contribution >= 0.6 is 11.6 Å². The van der Waals surface area contributed by atoms with Crippen LogP contribution in [-0.2, 0) is 13.1 Å². The molecule has 23 heavy (non-hydrogen) atoms. The van der Waals surface area contributed by atoms with Gasteiger partial charge in [0.1, 0.15) is 19.0 Å². The topological polar surface area (TPSA) is 48.3 Å². The third kappa shape index (κ3) is 3.03. The zero-order valence-electron chi connectivity index (χ0n) is 12.9. The van der Waals surface area contributed by atoms with E-state index >= 15 is 0 Å². The maximum absolute atomic E-state index is 6.28. The van der Waals surface area contributed by atoms with Gasteiger partial charge in [-0.1, -0.05) is 11.6 Å². The summed E-state index contributed by atoms with van der Waals surface area (Å²) in [6, 6.07) is 3.96. The number of hydrogen-bond donors (Lipinski definition) is 1. The standard InChI is InChI=1S/C17H20ClN3O2/c18-14-8-12(9-15-16(14)23-7-6-22-15)10-19-11-13-2-1-4-21-5-3-20-17(13)21/h3,5,8-9,13,19H,1-2,4,6-7,10-11H2/t13-/m1/s1. The molecule has 0 radical (unpaired) electrons. The van der Waals surface area contributed by atoms with Crippen molar-refractivity contribution in [3.63, 3.8) is 0 Å². The van der Waals surface area contributed by atoms with E-state index in [9.17, 15) is 0 Å². The average molecular weight is 334 g/mol. The molecule has 2 aromatic rings. The molecular formula is C17H20ClN3O2. The minimum absolute atomic E-state index is 0.478. The lowest BCUT2D eigenvalue weighted by Crippen LogP contribution is -2.26. The molecule has 0 bridgehead atoms. The number of halogens is 1. The molecule has 0 spiro atoms. The van der Waals surface area contributed by atoms with Crippen LogP contribution in [0.3, 0.4) is 0 Å². The van der Waals surface area contributed by atoms with Crippen molar-refractivity contribution in [3.8, 4) is 11.5 Å². The second-order valence-corrected chi connectivity index (χ2v) is 6.46. The molecule has 122 valence electrons. The van der Waals surface area contributed by atoms with Gasteiger partial charge in [-0.25, -0.2) is 4.98 Å². The minimum Gasteiger partial charge on any atom is -0.486 e. The number of fused-ring (bicyclic) bond motifs is 2. The van der Waals surface area contributed by atoms with E-state index in [1.165, 1.54) is 18.7 Å². The molecule has 0 unspecified atom stereocenters. The van der Waals surface area contributed by atoms with Gasteiger partial charge in [0.15, 0.2) is 11.5 Å². The molecule has 0 amide bonds. The fraction of sp³-hybridized carbons (Fsp3) is 0.471. The van der Waals surface area contributed by atoms with Crippen LogP contribution in [0.15, 0.2) is 24.5 Å². The van der Waals surface area contributed by atoms with Crippen molar-refractivity contribution < 1.29 is 9.47 Å².